The smallest absolute Gasteiger partial charge is 0.226 e. The minimum atomic E-state index is -0.117. The molecule has 2 heterocycles. The van der Waals surface area contributed by atoms with E-state index in [4.69, 9.17) is 14.5 Å². The highest BCUT2D eigenvalue weighted by Crippen LogP contribution is 2.32. The van der Waals surface area contributed by atoms with Crippen LogP contribution >= 0.6 is 11.8 Å². The number of benzene rings is 2. The summed E-state index contributed by atoms with van der Waals surface area (Å²) in [4.78, 5) is 21.3. The summed E-state index contributed by atoms with van der Waals surface area (Å²) in [6.45, 7) is 1.95. The number of amides is 1. The predicted octanol–water partition coefficient (Wildman–Crippen LogP) is 5.05. The van der Waals surface area contributed by atoms with Crippen LogP contribution in [0.25, 0.3) is 22.5 Å². The summed E-state index contributed by atoms with van der Waals surface area (Å²) in [7, 11) is 3.26. The van der Waals surface area contributed by atoms with Gasteiger partial charge in [0.2, 0.25) is 11.1 Å². The van der Waals surface area contributed by atoms with Gasteiger partial charge >= 0.3 is 0 Å². The largest absolute Gasteiger partial charge is 0.497 e. The Hall–Kier alpha value is -3.98. The van der Waals surface area contributed by atoms with Gasteiger partial charge in [-0.3, -0.25) is 4.79 Å². The van der Waals surface area contributed by atoms with Crippen molar-refractivity contribution in [1.29, 1.82) is 0 Å². The van der Waals surface area contributed by atoms with Crippen molar-refractivity contribution in [3.05, 3.63) is 72.4 Å². The van der Waals surface area contributed by atoms with Crippen molar-refractivity contribution >= 4 is 23.5 Å². The number of methoxy groups -OCH3 is 2. The Kier molecular flexibility index (Phi) is 7.89. The van der Waals surface area contributed by atoms with Crippen LogP contribution < -0.4 is 14.8 Å². The molecule has 0 saturated heterocycles. The Morgan fingerprint density at radius 3 is 2.11 bits per heavy atom. The van der Waals surface area contributed by atoms with Gasteiger partial charge in [0.1, 0.15) is 28.7 Å². The molecule has 2 aromatic heterocycles. The fraction of sp³-hybridized carbons (Fsp3) is 0.192. The number of carbonyl (C=O) groups is 1. The second-order valence-corrected chi connectivity index (χ2v) is 8.68. The van der Waals surface area contributed by atoms with Gasteiger partial charge in [-0.15, -0.1) is 10.2 Å². The number of anilines is 1. The second kappa shape index (κ2) is 11.4. The van der Waals surface area contributed by atoms with E-state index in [1.54, 1.807) is 20.4 Å². The summed E-state index contributed by atoms with van der Waals surface area (Å²) < 4.78 is 10.6. The number of pyridine rings is 1. The lowest BCUT2D eigenvalue weighted by molar-refractivity contribution is -0.115. The summed E-state index contributed by atoms with van der Waals surface area (Å²) >= 11 is 1.38. The summed E-state index contributed by atoms with van der Waals surface area (Å²) in [6.07, 6.45) is 1.96. The first-order valence-corrected chi connectivity index (χ1v) is 11.9. The van der Waals surface area contributed by atoms with Crippen LogP contribution in [0, 0.1) is 6.92 Å². The van der Waals surface area contributed by atoms with Gasteiger partial charge in [0, 0.05) is 29.5 Å². The SMILES string of the molecule is COc1ccc(-c2nnc(SCCC(=O)Nc3cc(C)ccn3)nc2-c2ccc(OC)cc2)cc1. The minimum absolute atomic E-state index is 0.117. The molecule has 0 unspecified atom stereocenters. The van der Waals surface area contributed by atoms with E-state index >= 15 is 0 Å². The van der Waals surface area contributed by atoms with Crippen molar-refractivity contribution in [2.24, 2.45) is 0 Å². The molecule has 0 aliphatic rings. The number of aryl methyl sites for hydroxylation is 1. The topological polar surface area (TPSA) is 99.1 Å². The maximum absolute atomic E-state index is 12.3. The van der Waals surface area contributed by atoms with Crippen LogP contribution in [0.5, 0.6) is 11.5 Å². The van der Waals surface area contributed by atoms with Gasteiger partial charge in [-0.25, -0.2) is 9.97 Å². The number of thioether (sulfide) groups is 1. The van der Waals surface area contributed by atoms with Crippen LogP contribution in [0.4, 0.5) is 5.82 Å². The number of nitrogens with one attached hydrogen (secondary N) is 1. The molecule has 0 atom stereocenters. The number of hydrogen-bond acceptors (Lipinski definition) is 8. The van der Waals surface area contributed by atoms with Gasteiger partial charge in [-0.1, -0.05) is 11.8 Å². The fourth-order valence-electron chi connectivity index (χ4n) is 3.31. The number of carbonyl (C=O) groups excluding carboxylic acids is 1. The summed E-state index contributed by atoms with van der Waals surface area (Å²) in [5.74, 6) is 2.44. The Labute approximate surface area is 208 Å². The zero-order chi connectivity index (χ0) is 24.6. The lowest BCUT2D eigenvalue weighted by Crippen LogP contribution is -2.13. The predicted molar refractivity (Wildman–Crippen MR) is 137 cm³/mol. The van der Waals surface area contributed by atoms with E-state index in [0.717, 1.165) is 28.2 Å². The molecular formula is C26H25N5O3S. The van der Waals surface area contributed by atoms with E-state index in [1.807, 2.05) is 67.6 Å². The van der Waals surface area contributed by atoms with Crippen molar-refractivity contribution in [3.8, 4) is 34.0 Å². The Balaban J connectivity index is 1.52. The molecule has 4 rings (SSSR count). The van der Waals surface area contributed by atoms with Crippen LogP contribution in [0.15, 0.2) is 72.0 Å². The van der Waals surface area contributed by atoms with E-state index < -0.39 is 0 Å². The minimum Gasteiger partial charge on any atom is -0.497 e. The molecule has 0 aliphatic carbocycles. The van der Waals surface area contributed by atoms with Crippen LogP contribution in [0.3, 0.4) is 0 Å². The van der Waals surface area contributed by atoms with Gasteiger partial charge < -0.3 is 14.8 Å². The molecule has 0 saturated carbocycles. The lowest BCUT2D eigenvalue weighted by atomic mass is 10.0. The number of aromatic nitrogens is 4. The molecule has 1 amide bonds. The molecule has 0 spiro atoms. The molecule has 0 fully saturated rings. The van der Waals surface area contributed by atoms with Crippen molar-refractivity contribution in [2.75, 3.05) is 25.3 Å². The molecule has 0 aliphatic heterocycles. The quantitative estimate of drug-likeness (QED) is 0.328. The number of hydrogen-bond donors (Lipinski definition) is 1. The maximum atomic E-state index is 12.3. The van der Waals surface area contributed by atoms with Crippen molar-refractivity contribution in [2.45, 2.75) is 18.5 Å². The average molecular weight is 488 g/mol. The van der Waals surface area contributed by atoms with E-state index in [1.165, 1.54) is 11.8 Å². The Morgan fingerprint density at radius 1 is 0.886 bits per heavy atom. The zero-order valence-electron chi connectivity index (χ0n) is 19.7. The Bertz CT molecular complexity index is 1300. The molecule has 2 aromatic carbocycles. The van der Waals surface area contributed by atoms with E-state index in [-0.39, 0.29) is 5.91 Å². The molecular weight excluding hydrogens is 462 g/mol. The first kappa shape index (κ1) is 24.2. The first-order valence-electron chi connectivity index (χ1n) is 10.9. The molecule has 9 heteroatoms. The first-order chi connectivity index (χ1) is 17.1. The normalized spacial score (nSPS) is 10.6. The highest BCUT2D eigenvalue weighted by atomic mass is 32.2. The standard InChI is InChI=1S/C26H25N5O3S/c1-17-12-14-27-22(16-17)28-23(32)13-15-35-26-29-24(18-4-8-20(33-2)9-5-18)25(30-31-26)19-6-10-21(34-3)11-7-19/h4-12,14,16H,13,15H2,1-3H3,(H,27,28,32). The van der Waals surface area contributed by atoms with Crippen LogP contribution in [-0.2, 0) is 4.79 Å². The van der Waals surface area contributed by atoms with E-state index in [9.17, 15) is 4.79 Å². The average Bonchev–Trinajstić information content (AvgIpc) is 2.89. The molecule has 178 valence electrons. The monoisotopic (exact) mass is 487 g/mol. The van der Waals surface area contributed by atoms with Crippen molar-refractivity contribution in [3.63, 3.8) is 0 Å². The van der Waals surface area contributed by atoms with Gasteiger partial charge in [0.25, 0.3) is 0 Å². The summed E-state index contributed by atoms with van der Waals surface area (Å²) in [5, 5.41) is 12.1. The molecule has 4 aromatic rings. The molecule has 8 nitrogen and oxygen atoms in total. The number of ether oxygens (including phenoxy) is 2. The molecule has 0 radical (unpaired) electrons. The van der Waals surface area contributed by atoms with Crippen molar-refractivity contribution in [1.82, 2.24) is 20.2 Å². The fourth-order valence-corrected chi connectivity index (χ4v) is 4.04. The third-order valence-corrected chi connectivity index (χ3v) is 5.98. The number of rotatable bonds is 9. The van der Waals surface area contributed by atoms with Crippen LogP contribution in [-0.4, -0.2) is 46.0 Å². The van der Waals surface area contributed by atoms with E-state index in [0.29, 0.717) is 34.5 Å². The third-order valence-electron chi connectivity index (χ3n) is 5.14. The molecule has 0 bridgehead atoms. The highest BCUT2D eigenvalue weighted by molar-refractivity contribution is 7.99. The van der Waals surface area contributed by atoms with E-state index in [2.05, 4.69) is 20.5 Å². The maximum Gasteiger partial charge on any atom is 0.226 e. The van der Waals surface area contributed by atoms with Crippen LogP contribution in [0.2, 0.25) is 0 Å². The molecule has 35 heavy (non-hydrogen) atoms. The third kappa shape index (κ3) is 6.33. The number of nitrogens with zero attached hydrogens (tertiary/aromatic N) is 4. The zero-order valence-corrected chi connectivity index (χ0v) is 20.5. The Morgan fingerprint density at radius 2 is 1.51 bits per heavy atom. The summed E-state index contributed by atoms with van der Waals surface area (Å²) in [6, 6.07) is 18.9. The molecule has 1 N–H and O–H groups in total. The highest BCUT2D eigenvalue weighted by Gasteiger charge is 2.15. The van der Waals surface area contributed by atoms with Gasteiger partial charge in [-0.2, -0.15) is 0 Å². The van der Waals surface area contributed by atoms with Gasteiger partial charge in [-0.05, 0) is 73.2 Å². The second-order valence-electron chi connectivity index (χ2n) is 7.61. The van der Waals surface area contributed by atoms with Gasteiger partial charge in [0.15, 0.2) is 0 Å². The summed E-state index contributed by atoms with van der Waals surface area (Å²) in [5.41, 5.74) is 4.15. The van der Waals surface area contributed by atoms with Crippen molar-refractivity contribution < 1.29 is 14.3 Å². The van der Waals surface area contributed by atoms with Gasteiger partial charge in [0.05, 0.1) is 14.2 Å². The van der Waals surface area contributed by atoms with Crippen LogP contribution in [0.1, 0.15) is 12.0 Å². The lowest BCUT2D eigenvalue weighted by Gasteiger charge is -2.11.